The first-order valence-corrected chi connectivity index (χ1v) is 23.3. The maximum Gasteiger partial charge on any atom is 0.399 e. The van der Waals surface area contributed by atoms with Crippen LogP contribution in [0.1, 0.15) is 95.3 Å². The summed E-state index contributed by atoms with van der Waals surface area (Å²) in [5.74, 6) is 1.62. The van der Waals surface area contributed by atoms with Crippen LogP contribution < -0.4 is 27.0 Å². The second kappa shape index (κ2) is 19.7. The van der Waals surface area contributed by atoms with Crippen molar-refractivity contribution < 1.29 is 61.5 Å². The Hall–Kier alpha value is -6.53. The summed E-state index contributed by atoms with van der Waals surface area (Å²) in [4.78, 5) is 130. The number of fused-ring (bicyclic) bond motifs is 3. The standard InChI is InChI=1S/C44H50F2N9O11P/c1-53-19-17-27-10-13-35(55(27)43(63)33(23-53)51-39(59)32-21-25-20-26(9-11-30(25)49-32)44(45,46)67(64,65)66)41(61)50-31(12-15-36(47)56)38(58)48-18-4-2-3-6-24-7-5-8-28-29(24)22-54(42(28)62)34-14-16-37(57)52-40(34)60/h5,7-9,11,20-21,27,31,33-35,49H,2,4,10,12-19,22-23H2,1H3,(H2,47,56)(H,48,58)(H,50,61)(H,51,59)(H,52,57,60)(H2,64,65,66)/t27-,31+,33+,34?,35+/m1/s1. The molecular formula is C44H50F2N9O11P. The van der Waals surface area contributed by atoms with Crippen molar-refractivity contribution in [3.05, 3.63) is 70.4 Å². The number of nitrogens with one attached hydrogen (secondary N) is 5. The Kier molecular flexibility index (Phi) is 14.3. The van der Waals surface area contributed by atoms with Gasteiger partial charge in [0.2, 0.25) is 35.4 Å². The van der Waals surface area contributed by atoms with Crippen LogP contribution in [0.15, 0.2) is 42.5 Å². The molecule has 20 nitrogen and oxygen atoms in total. The minimum atomic E-state index is -5.85. The molecule has 9 N–H and O–H groups in total. The molecule has 5 atom stereocenters. The lowest BCUT2D eigenvalue weighted by molar-refractivity contribution is -0.144. The van der Waals surface area contributed by atoms with E-state index in [9.17, 15) is 61.5 Å². The third kappa shape index (κ3) is 10.5. The van der Waals surface area contributed by atoms with E-state index in [4.69, 9.17) is 5.73 Å². The molecule has 7 rings (SSSR count). The number of H-pyrrole nitrogens is 1. The highest BCUT2D eigenvalue weighted by Crippen LogP contribution is 2.59. The third-order valence-corrected chi connectivity index (χ3v) is 13.5. The van der Waals surface area contributed by atoms with Gasteiger partial charge in [0.25, 0.3) is 11.8 Å². The van der Waals surface area contributed by atoms with Gasteiger partial charge in [0.15, 0.2) is 0 Å². The van der Waals surface area contributed by atoms with Crippen LogP contribution in [-0.4, -0.2) is 134 Å². The molecule has 0 bridgehead atoms. The van der Waals surface area contributed by atoms with Gasteiger partial charge in [-0.2, -0.15) is 8.78 Å². The Morgan fingerprint density at radius 1 is 1.04 bits per heavy atom. The van der Waals surface area contributed by atoms with Crippen molar-refractivity contribution >= 4 is 65.8 Å². The lowest BCUT2D eigenvalue weighted by Crippen LogP contribution is -2.61. The average molecular weight is 950 g/mol. The van der Waals surface area contributed by atoms with E-state index in [2.05, 4.69) is 38.1 Å². The predicted molar refractivity (Wildman–Crippen MR) is 233 cm³/mol. The van der Waals surface area contributed by atoms with E-state index in [1.165, 1.54) is 15.9 Å². The zero-order valence-electron chi connectivity index (χ0n) is 36.3. The van der Waals surface area contributed by atoms with Crippen LogP contribution in [0.4, 0.5) is 8.78 Å². The first kappa shape index (κ1) is 48.4. The number of hydrogen-bond donors (Lipinski definition) is 8. The highest BCUT2D eigenvalue weighted by atomic mass is 31.2. The summed E-state index contributed by atoms with van der Waals surface area (Å²) in [6.45, 7) is 0.861. The highest BCUT2D eigenvalue weighted by molar-refractivity contribution is 7.52. The number of unbranched alkanes of at least 4 members (excludes halogenated alkanes) is 1. The van der Waals surface area contributed by atoms with Crippen molar-refractivity contribution in [1.82, 2.24) is 41.0 Å². The number of piperidine rings is 1. The number of hydrogen-bond acceptors (Lipinski definition) is 10. The number of amides is 8. The van der Waals surface area contributed by atoms with Gasteiger partial charge in [-0.15, -0.1) is 0 Å². The molecule has 3 aromatic rings. The van der Waals surface area contributed by atoms with Gasteiger partial charge in [-0.05, 0) is 88.0 Å². The number of nitrogens with two attached hydrogens (primary N) is 1. The van der Waals surface area contributed by atoms with Gasteiger partial charge in [0, 0.05) is 72.5 Å². The lowest BCUT2D eigenvalue weighted by atomic mass is 10.0. The largest absolute Gasteiger partial charge is 0.399 e. The smallest absolute Gasteiger partial charge is 0.370 e. The van der Waals surface area contributed by atoms with E-state index in [1.807, 2.05) is 4.90 Å². The number of halogens is 2. The number of nitrogens with zero attached hydrogens (tertiary/aromatic N) is 3. The van der Waals surface area contributed by atoms with Crippen molar-refractivity contribution in [2.24, 2.45) is 5.73 Å². The Balaban J connectivity index is 0.964. The fourth-order valence-corrected chi connectivity index (χ4v) is 9.41. The molecule has 0 saturated carbocycles. The van der Waals surface area contributed by atoms with Crippen LogP contribution >= 0.6 is 7.60 Å². The molecule has 23 heteroatoms. The quantitative estimate of drug-likeness (QED) is 0.0479. The summed E-state index contributed by atoms with van der Waals surface area (Å²) in [6, 6.07) is 4.60. The maximum absolute atomic E-state index is 14.4. The summed E-state index contributed by atoms with van der Waals surface area (Å²) in [7, 11) is -4.09. The van der Waals surface area contributed by atoms with Gasteiger partial charge < -0.3 is 51.2 Å². The fourth-order valence-electron chi connectivity index (χ4n) is 8.94. The number of aromatic nitrogens is 1. The zero-order valence-corrected chi connectivity index (χ0v) is 37.2. The molecule has 1 unspecified atom stereocenters. The summed E-state index contributed by atoms with van der Waals surface area (Å²) in [5.41, 5.74) is 1.78. The van der Waals surface area contributed by atoms with E-state index in [0.717, 1.165) is 18.2 Å². The van der Waals surface area contributed by atoms with Gasteiger partial charge in [0.05, 0.1) is 0 Å². The molecule has 3 saturated heterocycles. The summed E-state index contributed by atoms with van der Waals surface area (Å²) in [5, 5.41) is 10.5. The van der Waals surface area contributed by atoms with E-state index in [-0.39, 0.29) is 80.1 Å². The molecule has 0 radical (unpaired) electrons. The molecule has 8 amide bonds. The molecule has 3 fully saturated rings. The molecule has 0 spiro atoms. The van der Waals surface area contributed by atoms with Crippen LogP contribution in [-0.2, 0) is 45.5 Å². The Morgan fingerprint density at radius 3 is 2.55 bits per heavy atom. The summed E-state index contributed by atoms with van der Waals surface area (Å²) < 4.78 is 40.3. The number of aromatic amines is 1. The van der Waals surface area contributed by atoms with Crippen LogP contribution in [0, 0.1) is 11.8 Å². The van der Waals surface area contributed by atoms with Crippen LogP contribution in [0.2, 0.25) is 0 Å². The molecule has 2 aromatic carbocycles. The number of imide groups is 1. The summed E-state index contributed by atoms with van der Waals surface area (Å²) in [6.07, 6.45) is 1.93. The van der Waals surface area contributed by atoms with E-state index < -0.39 is 84.5 Å². The number of primary amides is 1. The molecule has 0 aliphatic carbocycles. The topological polar surface area (TPSA) is 294 Å². The Morgan fingerprint density at radius 2 is 1.82 bits per heavy atom. The summed E-state index contributed by atoms with van der Waals surface area (Å²) >= 11 is 0. The molecule has 4 aliphatic heterocycles. The number of carbonyl (C=O) groups is 8. The minimum absolute atomic E-state index is 0.0470. The first-order valence-electron chi connectivity index (χ1n) is 21.7. The van der Waals surface area contributed by atoms with E-state index in [0.29, 0.717) is 48.9 Å². The number of rotatable bonds is 14. The maximum atomic E-state index is 14.4. The van der Waals surface area contributed by atoms with E-state index in [1.54, 1.807) is 25.2 Å². The van der Waals surface area contributed by atoms with Gasteiger partial charge in [0.1, 0.15) is 29.9 Å². The predicted octanol–water partition coefficient (Wildman–Crippen LogP) is 0.648. The van der Waals surface area contributed by atoms with Crippen molar-refractivity contribution in [2.45, 2.75) is 100 Å². The van der Waals surface area contributed by atoms with Crippen molar-refractivity contribution in [3.8, 4) is 11.8 Å². The molecule has 67 heavy (non-hydrogen) atoms. The van der Waals surface area contributed by atoms with Crippen LogP contribution in [0.5, 0.6) is 0 Å². The van der Waals surface area contributed by atoms with Crippen molar-refractivity contribution in [1.29, 1.82) is 0 Å². The van der Waals surface area contributed by atoms with Crippen molar-refractivity contribution in [3.63, 3.8) is 0 Å². The van der Waals surface area contributed by atoms with E-state index >= 15 is 0 Å². The van der Waals surface area contributed by atoms with Crippen LogP contribution in [0.25, 0.3) is 10.9 Å². The lowest BCUT2D eigenvalue weighted by Gasteiger charge is -2.37. The zero-order chi connectivity index (χ0) is 48.4. The molecular weight excluding hydrogens is 900 g/mol. The number of likely N-dealkylation sites (N-methyl/N-ethyl adjacent to an activating group) is 1. The SMILES string of the molecule is CN1CC[C@H]2CC[C@@H](C(=O)N[C@@H](CCC(N)=O)C(=O)NCCCC#Cc3cccc4c3CN(C3CCC(=O)NC3=O)C4=O)N2C(=O)[C@@H](NC(=O)c2cc3cc(C(F)(F)P(=O)(O)O)ccc3[nH]2)C1. The van der Waals surface area contributed by atoms with Gasteiger partial charge >= 0.3 is 13.3 Å². The monoisotopic (exact) mass is 949 g/mol. The fraction of sp³-hybridized carbons (Fsp3) is 0.455. The normalized spacial score (nSPS) is 21.6. The minimum Gasteiger partial charge on any atom is -0.370 e. The van der Waals surface area contributed by atoms with Gasteiger partial charge in [-0.25, -0.2) is 0 Å². The second-order valence-corrected chi connectivity index (χ2v) is 18.8. The highest BCUT2D eigenvalue weighted by Gasteiger charge is 2.51. The third-order valence-electron chi connectivity index (χ3n) is 12.5. The second-order valence-electron chi connectivity index (χ2n) is 17.1. The first-order chi connectivity index (χ1) is 31.7. The number of benzene rings is 2. The van der Waals surface area contributed by atoms with Gasteiger partial charge in [-0.3, -0.25) is 48.2 Å². The molecule has 5 heterocycles. The average Bonchev–Trinajstić information content (AvgIpc) is 3.99. The molecule has 1 aromatic heterocycles. The Labute approximate surface area is 382 Å². The Bertz CT molecular complexity index is 2640. The molecule has 356 valence electrons. The van der Waals surface area contributed by atoms with Crippen molar-refractivity contribution in [2.75, 3.05) is 26.7 Å². The van der Waals surface area contributed by atoms with Gasteiger partial charge in [-0.1, -0.05) is 24.0 Å². The number of carbonyl (C=O) groups excluding carboxylic acids is 8. The van der Waals surface area contributed by atoms with Crippen LogP contribution in [0.3, 0.4) is 0 Å². The number of alkyl halides is 2. The molecule has 4 aliphatic rings.